The molecule has 118 valence electrons. The molecular formula is C18H29BrN2. The van der Waals surface area contributed by atoms with E-state index >= 15 is 0 Å². The van der Waals surface area contributed by atoms with Crippen molar-refractivity contribution >= 4 is 15.9 Å². The second kappa shape index (κ2) is 8.11. The Kier molecular flexibility index (Phi) is 7.11. The number of benzene rings is 1. The quantitative estimate of drug-likeness (QED) is 0.713. The van der Waals surface area contributed by atoms with E-state index in [2.05, 4.69) is 85.5 Å². The summed E-state index contributed by atoms with van der Waals surface area (Å²) in [6.45, 7) is 18.7. The van der Waals surface area contributed by atoms with Crippen molar-refractivity contribution in [3.8, 4) is 0 Å². The average molecular weight is 353 g/mol. The third kappa shape index (κ3) is 7.25. The van der Waals surface area contributed by atoms with Gasteiger partial charge in [0.05, 0.1) is 0 Å². The lowest BCUT2D eigenvalue weighted by atomic mass is 10.1. The van der Waals surface area contributed by atoms with Crippen molar-refractivity contribution < 1.29 is 0 Å². The zero-order valence-electron chi connectivity index (χ0n) is 14.1. The van der Waals surface area contributed by atoms with E-state index in [1.165, 1.54) is 21.2 Å². The molecule has 0 bridgehead atoms. The van der Waals surface area contributed by atoms with Gasteiger partial charge in [0.2, 0.25) is 0 Å². The summed E-state index contributed by atoms with van der Waals surface area (Å²) < 4.78 is 1.19. The van der Waals surface area contributed by atoms with Gasteiger partial charge in [-0.3, -0.25) is 4.90 Å². The fourth-order valence-electron chi connectivity index (χ4n) is 2.10. The van der Waals surface area contributed by atoms with E-state index in [0.29, 0.717) is 0 Å². The molecule has 2 nitrogen and oxygen atoms in total. The molecule has 0 aliphatic rings. The molecule has 1 N–H and O–H groups in total. The van der Waals surface area contributed by atoms with E-state index in [-0.39, 0.29) is 5.54 Å². The van der Waals surface area contributed by atoms with Gasteiger partial charge < -0.3 is 5.32 Å². The normalized spacial score (nSPS) is 12.0. The van der Waals surface area contributed by atoms with E-state index in [0.717, 1.165) is 26.2 Å². The van der Waals surface area contributed by atoms with E-state index in [1.807, 2.05) is 0 Å². The molecule has 0 spiro atoms. The minimum absolute atomic E-state index is 0.144. The van der Waals surface area contributed by atoms with Crippen molar-refractivity contribution in [1.29, 1.82) is 0 Å². The molecule has 0 atom stereocenters. The Morgan fingerprint density at radius 3 is 2.48 bits per heavy atom. The summed E-state index contributed by atoms with van der Waals surface area (Å²) >= 11 is 3.71. The van der Waals surface area contributed by atoms with Crippen LogP contribution in [0.2, 0.25) is 0 Å². The average Bonchev–Trinajstić information content (AvgIpc) is 2.36. The van der Waals surface area contributed by atoms with Crippen LogP contribution in [0.1, 0.15) is 45.7 Å². The highest BCUT2D eigenvalue weighted by atomic mass is 79.9. The van der Waals surface area contributed by atoms with Crippen LogP contribution >= 0.6 is 15.9 Å². The molecule has 1 aromatic carbocycles. The van der Waals surface area contributed by atoms with Crippen LogP contribution in [-0.4, -0.2) is 23.5 Å². The van der Waals surface area contributed by atoms with Gasteiger partial charge in [-0.25, -0.2) is 0 Å². The SMILES string of the molecule is C=C(C)CN(CC)Cc1ccc(CNC(C)(C)C)cc1Br. The Morgan fingerprint density at radius 1 is 1.33 bits per heavy atom. The Hall–Kier alpha value is -0.640. The molecule has 0 aromatic heterocycles. The zero-order valence-corrected chi connectivity index (χ0v) is 15.7. The summed E-state index contributed by atoms with van der Waals surface area (Å²) in [4.78, 5) is 2.40. The molecule has 21 heavy (non-hydrogen) atoms. The first kappa shape index (κ1) is 18.4. The Balaban J connectivity index is 2.71. The van der Waals surface area contributed by atoms with Gasteiger partial charge in [0, 0.05) is 29.6 Å². The van der Waals surface area contributed by atoms with Crippen LogP contribution in [-0.2, 0) is 13.1 Å². The first-order chi connectivity index (χ1) is 9.71. The molecule has 0 unspecified atom stereocenters. The molecule has 0 heterocycles. The van der Waals surface area contributed by atoms with Gasteiger partial charge in [0.15, 0.2) is 0 Å². The van der Waals surface area contributed by atoms with Gasteiger partial charge in [-0.2, -0.15) is 0 Å². The Labute approximate surface area is 138 Å². The number of likely N-dealkylation sites (N-methyl/N-ethyl adjacent to an activating group) is 1. The molecule has 3 heteroatoms. The molecule has 0 aliphatic heterocycles. The first-order valence-electron chi connectivity index (χ1n) is 7.60. The van der Waals surface area contributed by atoms with Gasteiger partial charge in [-0.1, -0.05) is 47.1 Å². The topological polar surface area (TPSA) is 15.3 Å². The second-order valence-corrected chi connectivity index (χ2v) is 7.64. The van der Waals surface area contributed by atoms with Crippen LogP contribution < -0.4 is 5.32 Å². The van der Waals surface area contributed by atoms with Crippen molar-refractivity contribution in [2.75, 3.05) is 13.1 Å². The van der Waals surface area contributed by atoms with E-state index in [1.54, 1.807) is 0 Å². The minimum atomic E-state index is 0.144. The summed E-state index contributed by atoms with van der Waals surface area (Å²) in [5.41, 5.74) is 3.99. The number of hydrogen-bond donors (Lipinski definition) is 1. The lowest BCUT2D eigenvalue weighted by molar-refractivity contribution is 0.304. The maximum atomic E-state index is 4.01. The van der Waals surface area contributed by atoms with Crippen molar-refractivity contribution in [3.63, 3.8) is 0 Å². The Morgan fingerprint density at radius 2 is 2.00 bits per heavy atom. The molecular weight excluding hydrogens is 324 g/mol. The summed E-state index contributed by atoms with van der Waals surface area (Å²) in [7, 11) is 0. The first-order valence-corrected chi connectivity index (χ1v) is 8.39. The van der Waals surface area contributed by atoms with Crippen LogP contribution in [0.4, 0.5) is 0 Å². The monoisotopic (exact) mass is 352 g/mol. The van der Waals surface area contributed by atoms with Gasteiger partial charge in [0.25, 0.3) is 0 Å². The third-order valence-electron chi connectivity index (χ3n) is 3.28. The molecule has 1 aromatic rings. The van der Waals surface area contributed by atoms with Crippen LogP contribution in [0.25, 0.3) is 0 Å². The number of nitrogens with zero attached hydrogens (tertiary/aromatic N) is 1. The van der Waals surface area contributed by atoms with Crippen molar-refractivity contribution in [2.24, 2.45) is 0 Å². The summed E-state index contributed by atoms with van der Waals surface area (Å²) in [6, 6.07) is 6.67. The van der Waals surface area contributed by atoms with Crippen LogP contribution in [0.15, 0.2) is 34.8 Å². The predicted molar refractivity (Wildman–Crippen MR) is 96.5 cm³/mol. The largest absolute Gasteiger partial charge is 0.308 e. The zero-order chi connectivity index (χ0) is 16.0. The third-order valence-corrected chi connectivity index (χ3v) is 4.01. The predicted octanol–water partition coefficient (Wildman–Crippen LogP) is 4.74. The molecule has 0 saturated heterocycles. The van der Waals surface area contributed by atoms with Crippen LogP contribution in [0, 0.1) is 0 Å². The van der Waals surface area contributed by atoms with E-state index < -0.39 is 0 Å². The molecule has 0 aliphatic carbocycles. The van der Waals surface area contributed by atoms with Crippen LogP contribution in [0.5, 0.6) is 0 Å². The summed E-state index contributed by atoms with van der Waals surface area (Å²) in [6.07, 6.45) is 0. The molecule has 0 radical (unpaired) electrons. The number of rotatable bonds is 7. The fourth-order valence-corrected chi connectivity index (χ4v) is 2.65. The lowest BCUT2D eigenvalue weighted by Gasteiger charge is -2.22. The van der Waals surface area contributed by atoms with Crippen LogP contribution in [0.3, 0.4) is 0 Å². The molecule has 0 fully saturated rings. The van der Waals surface area contributed by atoms with Crippen molar-refractivity contribution in [3.05, 3.63) is 46.0 Å². The molecule has 0 amide bonds. The minimum Gasteiger partial charge on any atom is -0.308 e. The second-order valence-electron chi connectivity index (χ2n) is 6.79. The fraction of sp³-hybridized carbons (Fsp3) is 0.556. The maximum Gasteiger partial charge on any atom is 0.0248 e. The van der Waals surface area contributed by atoms with Gasteiger partial charge >= 0.3 is 0 Å². The maximum absolute atomic E-state index is 4.01. The number of halogens is 1. The highest BCUT2D eigenvalue weighted by Crippen LogP contribution is 2.21. The number of nitrogens with one attached hydrogen (secondary N) is 1. The van der Waals surface area contributed by atoms with Crippen molar-refractivity contribution in [1.82, 2.24) is 10.2 Å². The Bertz CT molecular complexity index is 475. The van der Waals surface area contributed by atoms with Gasteiger partial charge in [0.1, 0.15) is 0 Å². The highest BCUT2D eigenvalue weighted by Gasteiger charge is 2.10. The highest BCUT2D eigenvalue weighted by molar-refractivity contribution is 9.10. The summed E-state index contributed by atoms with van der Waals surface area (Å²) in [5, 5.41) is 3.52. The van der Waals surface area contributed by atoms with Crippen molar-refractivity contribution in [2.45, 2.75) is 53.2 Å². The van der Waals surface area contributed by atoms with Gasteiger partial charge in [-0.15, -0.1) is 0 Å². The lowest BCUT2D eigenvalue weighted by Crippen LogP contribution is -2.35. The standard InChI is InChI=1S/C18H29BrN2/c1-7-21(12-14(2)3)13-16-9-8-15(10-17(16)19)11-20-18(4,5)6/h8-10,20H,2,7,11-13H2,1,3-6H3. The van der Waals surface area contributed by atoms with E-state index in [4.69, 9.17) is 0 Å². The smallest absolute Gasteiger partial charge is 0.0248 e. The van der Waals surface area contributed by atoms with E-state index in [9.17, 15) is 0 Å². The van der Waals surface area contributed by atoms with Gasteiger partial charge in [-0.05, 0) is 51.4 Å². The summed E-state index contributed by atoms with van der Waals surface area (Å²) in [5.74, 6) is 0. The molecule has 0 saturated carbocycles. The molecule has 1 rings (SSSR count). The number of hydrogen-bond acceptors (Lipinski definition) is 2.